The standard InChI is InChI=1S/C20H21N3O6S/c1-30(28,29)22-15-8-4-2-6-13(15)17-12-16(14-7-3-5-9-18(14)24)21-23(17)19(25)10-11-20(26)27/h2-9,17,22,24H,10-12H2,1H3,(H,26,27)/t17-/m1/s1. The highest BCUT2D eigenvalue weighted by Gasteiger charge is 2.35. The van der Waals surface area contributed by atoms with Crippen LogP contribution in [0.5, 0.6) is 5.75 Å². The van der Waals surface area contributed by atoms with Crippen LogP contribution in [0.4, 0.5) is 5.69 Å². The quantitative estimate of drug-likeness (QED) is 0.615. The van der Waals surface area contributed by atoms with Crippen LogP contribution in [0.2, 0.25) is 0 Å². The van der Waals surface area contributed by atoms with E-state index in [-0.39, 0.29) is 25.0 Å². The van der Waals surface area contributed by atoms with Gasteiger partial charge in [-0.25, -0.2) is 13.4 Å². The highest BCUT2D eigenvalue weighted by Crippen LogP contribution is 2.38. The van der Waals surface area contributed by atoms with Gasteiger partial charge in [0.1, 0.15) is 5.75 Å². The predicted molar refractivity (Wildman–Crippen MR) is 111 cm³/mol. The Labute approximate surface area is 173 Å². The normalized spacial score (nSPS) is 16.2. The monoisotopic (exact) mass is 431 g/mol. The molecule has 0 spiro atoms. The topological polar surface area (TPSA) is 136 Å². The lowest BCUT2D eigenvalue weighted by Gasteiger charge is -2.24. The Bertz CT molecular complexity index is 1110. The summed E-state index contributed by atoms with van der Waals surface area (Å²) in [7, 11) is -3.57. The molecule has 1 aliphatic rings. The lowest BCUT2D eigenvalue weighted by atomic mass is 9.96. The maximum absolute atomic E-state index is 12.7. The number of hydrogen-bond acceptors (Lipinski definition) is 6. The van der Waals surface area contributed by atoms with E-state index in [1.165, 1.54) is 11.1 Å². The maximum atomic E-state index is 12.7. The number of carboxylic acids is 1. The van der Waals surface area contributed by atoms with Gasteiger partial charge in [0, 0.05) is 24.0 Å². The van der Waals surface area contributed by atoms with Crippen LogP contribution in [0.15, 0.2) is 53.6 Å². The minimum absolute atomic E-state index is 0.00242. The molecule has 9 nitrogen and oxygen atoms in total. The number of nitrogens with one attached hydrogen (secondary N) is 1. The van der Waals surface area contributed by atoms with Crippen LogP contribution in [0.25, 0.3) is 0 Å². The van der Waals surface area contributed by atoms with Crippen LogP contribution in [0, 0.1) is 0 Å². The number of sulfonamides is 1. The predicted octanol–water partition coefficient (Wildman–Crippen LogP) is 2.31. The van der Waals surface area contributed by atoms with Gasteiger partial charge in [-0.05, 0) is 18.2 Å². The number of carboxylic acid groups (broad SMARTS) is 1. The van der Waals surface area contributed by atoms with Gasteiger partial charge < -0.3 is 10.2 Å². The zero-order chi connectivity index (χ0) is 21.9. The van der Waals surface area contributed by atoms with Gasteiger partial charge in [-0.15, -0.1) is 0 Å². The number of anilines is 1. The number of hydrogen-bond donors (Lipinski definition) is 3. The summed E-state index contributed by atoms with van der Waals surface area (Å²) in [6, 6.07) is 12.5. The first-order valence-corrected chi connectivity index (χ1v) is 11.0. The number of nitrogens with zero attached hydrogens (tertiary/aromatic N) is 2. The van der Waals surface area contributed by atoms with Gasteiger partial charge in [0.05, 0.1) is 30.1 Å². The summed E-state index contributed by atoms with van der Waals surface area (Å²) in [4.78, 5) is 23.6. The second-order valence-corrected chi connectivity index (χ2v) is 8.63. The summed E-state index contributed by atoms with van der Waals surface area (Å²) in [5, 5.41) is 24.6. The number of rotatable bonds is 7. The van der Waals surface area contributed by atoms with E-state index >= 15 is 0 Å². The third-order valence-electron chi connectivity index (χ3n) is 4.55. The molecule has 0 radical (unpaired) electrons. The molecular formula is C20H21N3O6S. The smallest absolute Gasteiger partial charge is 0.303 e. The molecular weight excluding hydrogens is 410 g/mol. The SMILES string of the molecule is CS(=O)(=O)Nc1ccccc1[C@H]1CC(c2ccccc2O)=NN1C(=O)CCC(=O)O. The van der Waals surface area contributed by atoms with E-state index < -0.39 is 27.9 Å². The zero-order valence-corrected chi connectivity index (χ0v) is 17.0. The molecule has 0 aromatic heterocycles. The summed E-state index contributed by atoms with van der Waals surface area (Å²) in [6.07, 6.45) is 0.634. The molecule has 2 aromatic rings. The number of para-hydroxylation sites is 2. The average Bonchev–Trinajstić information content (AvgIpc) is 3.10. The molecule has 0 aliphatic carbocycles. The number of aromatic hydroxyl groups is 1. The first-order chi connectivity index (χ1) is 14.2. The van der Waals surface area contributed by atoms with Crippen molar-refractivity contribution in [2.45, 2.75) is 25.3 Å². The fourth-order valence-corrected chi connectivity index (χ4v) is 3.86. The van der Waals surface area contributed by atoms with Crippen molar-refractivity contribution in [3.8, 4) is 5.75 Å². The Balaban J connectivity index is 2.02. The molecule has 10 heteroatoms. The Kier molecular flexibility index (Phi) is 6.06. The van der Waals surface area contributed by atoms with Gasteiger partial charge in [0.25, 0.3) is 0 Å². The van der Waals surface area contributed by atoms with Crippen molar-refractivity contribution >= 4 is 33.3 Å². The van der Waals surface area contributed by atoms with Crippen LogP contribution in [-0.4, -0.2) is 47.5 Å². The van der Waals surface area contributed by atoms with E-state index in [0.29, 0.717) is 22.5 Å². The lowest BCUT2D eigenvalue weighted by Crippen LogP contribution is -2.28. The van der Waals surface area contributed by atoms with E-state index in [1.807, 2.05) is 0 Å². The largest absolute Gasteiger partial charge is 0.507 e. The average molecular weight is 431 g/mol. The summed E-state index contributed by atoms with van der Waals surface area (Å²) >= 11 is 0. The van der Waals surface area contributed by atoms with E-state index in [1.54, 1.807) is 42.5 Å². The highest BCUT2D eigenvalue weighted by molar-refractivity contribution is 7.92. The second kappa shape index (κ2) is 8.54. The van der Waals surface area contributed by atoms with Crippen molar-refractivity contribution in [3.05, 3.63) is 59.7 Å². The van der Waals surface area contributed by atoms with Crippen LogP contribution >= 0.6 is 0 Å². The van der Waals surface area contributed by atoms with Crippen LogP contribution in [0.1, 0.15) is 36.4 Å². The number of hydrazone groups is 1. The van der Waals surface area contributed by atoms with Crippen molar-refractivity contribution in [1.82, 2.24) is 5.01 Å². The molecule has 1 amide bonds. The van der Waals surface area contributed by atoms with Crippen LogP contribution in [0.3, 0.4) is 0 Å². The zero-order valence-electron chi connectivity index (χ0n) is 16.1. The molecule has 3 N–H and O–H groups in total. The Morgan fingerprint density at radius 1 is 1.13 bits per heavy atom. The number of carbonyl (C=O) groups excluding carboxylic acids is 1. The van der Waals surface area contributed by atoms with Crippen molar-refractivity contribution in [2.24, 2.45) is 5.10 Å². The van der Waals surface area contributed by atoms with Gasteiger partial charge in [-0.1, -0.05) is 30.3 Å². The van der Waals surface area contributed by atoms with E-state index in [9.17, 15) is 23.1 Å². The van der Waals surface area contributed by atoms with E-state index in [2.05, 4.69) is 9.82 Å². The highest BCUT2D eigenvalue weighted by atomic mass is 32.2. The minimum Gasteiger partial charge on any atom is -0.507 e. The molecule has 1 heterocycles. The van der Waals surface area contributed by atoms with Gasteiger partial charge in [-0.2, -0.15) is 5.10 Å². The number of aliphatic carboxylic acids is 1. The molecule has 1 aliphatic heterocycles. The summed E-state index contributed by atoms with van der Waals surface area (Å²) in [6.45, 7) is 0. The Morgan fingerprint density at radius 2 is 1.80 bits per heavy atom. The summed E-state index contributed by atoms with van der Waals surface area (Å²) in [5.74, 6) is -1.62. The van der Waals surface area contributed by atoms with Crippen molar-refractivity contribution in [1.29, 1.82) is 0 Å². The first-order valence-electron chi connectivity index (χ1n) is 9.12. The Morgan fingerprint density at radius 3 is 2.47 bits per heavy atom. The molecule has 0 saturated carbocycles. The fraction of sp³-hybridized carbons (Fsp3) is 0.250. The third-order valence-corrected chi connectivity index (χ3v) is 5.14. The van der Waals surface area contributed by atoms with E-state index in [4.69, 9.17) is 5.11 Å². The molecule has 1 atom stereocenters. The molecule has 158 valence electrons. The van der Waals surface area contributed by atoms with Gasteiger partial charge in [0.15, 0.2) is 0 Å². The van der Waals surface area contributed by atoms with E-state index in [0.717, 1.165) is 6.26 Å². The summed E-state index contributed by atoms with van der Waals surface area (Å²) < 4.78 is 26.0. The first kappa shape index (κ1) is 21.3. The molecule has 3 rings (SSSR count). The lowest BCUT2D eigenvalue weighted by molar-refractivity contribution is -0.141. The molecule has 0 bridgehead atoms. The second-order valence-electron chi connectivity index (χ2n) is 6.88. The van der Waals surface area contributed by atoms with Gasteiger partial charge >= 0.3 is 5.97 Å². The van der Waals surface area contributed by atoms with Crippen molar-refractivity contribution < 1.29 is 28.2 Å². The molecule has 0 fully saturated rings. The van der Waals surface area contributed by atoms with Gasteiger partial charge in [0.2, 0.25) is 15.9 Å². The van der Waals surface area contributed by atoms with Gasteiger partial charge in [-0.3, -0.25) is 14.3 Å². The molecule has 2 aromatic carbocycles. The van der Waals surface area contributed by atoms with Crippen LogP contribution in [-0.2, 0) is 19.6 Å². The number of phenols is 1. The minimum atomic E-state index is -3.57. The fourth-order valence-electron chi connectivity index (χ4n) is 3.27. The molecule has 0 unspecified atom stereocenters. The summed E-state index contributed by atoms with van der Waals surface area (Å²) in [5.41, 5.74) is 1.70. The van der Waals surface area contributed by atoms with Crippen molar-refractivity contribution in [3.63, 3.8) is 0 Å². The van der Waals surface area contributed by atoms with Crippen LogP contribution < -0.4 is 4.72 Å². The Hall–Kier alpha value is -3.40. The number of phenolic OH excluding ortho intramolecular Hbond substituents is 1. The molecule has 30 heavy (non-hydrogen) atoms. The number of amides is 1. The van der Waals surface area contributed by atoms with Crippen molar-refractivity contribution in [2.75, 3.05) is 11.0 Å². The number of benzene rings is 2. The molecule has 0 saturated heterocycles. The third kappa shape index (κ3) is 4.95. The maximum Gasteiger partial charge on any atom is 0.303 e. The number of carbonyl (C=O) groups is 2.